The van der Waals surface area contributed by atoms with Crippen molar-refractivity contribution in [2.75, 3.05) is 0 Å². The molecule has 0 amide bonds. The molecule has 0 aromatic carbocycles. The van der Waals surface area contributed by atoms with Gasteiger partial charge in [0, 0.05) is 6.42 Å². The van der Waals surface area contributed by atoms with Crippen molar-refractivity contribution >= 4 is 5.78 Å². The predicted octanol–water partition coefficient (Wildman–Crippen LogP) is 3.56. The second-order valence-electron chi connectivity index (χ2n) is 5.45. The Hall–Kier alpha value is -1.87. The number of carbonyl (C=O) groups is 1. The Morgan fingerprint density at radius 3 is 2.44 bits per heavy atom. The molecule has 0 aromatic heterocycles. The van der Waals surface area contributed by atoms with Gasteiger partial charge in [0.2, 0.25) is 0 Å². The molecule has 0 unspecified atom stereocenters. The fourth-order valence-corrected chi connectivity index (χ4v) is 3.07. The number of nitrogens with zero attached hydrogens (tertiary/aromatic N) is 2. The van der Waals surface area contributed by atoms with Crippen molar-refractivity contribution in [1.82, 2.24) is 0 Å². The van der Waals surface area contributed by atoms with Gasteiger partial charge in [0.1, 0.15) is 17.8 Å². The lowest BCUT2D eigenvalue weighted by Crippen LogP contribution is -2.40. The molecule has 0 heterocycles. The normalized spacial score (nSPS) is 24.8. The molecule has 0 atom stereocenters. The van der Waals surface area contributed by atoms with Crippen molar-refractivity contribution in [2.45, 2.75) is 45.2 Å². The Bertz CT molecular complexity index is 524. The first-order valence-electron chi connectivity index (χ1n) is 6.16. The largest absolute Gasteiger partial charge is 0.510 e. The highest BCUT2D eigenvalue weighted by Crippen LogP contribution is 2.49. The van der Waals surface area contributed by atoms with Crippen LogP contribution in [0.2, 0.25) is 0 Å². The van der Waals surface area contributed by atoms with Gasteiger partial charge in [-0.25, -0.2) is 22.8 Å². The molecule has 2 rings (SSSR count). The highest BCUT2D eigenvalue weighted by molar-refractivity contribution is 5.90. The SMILES string of the molecule is [C-]#[N+]C1([N+]#[C-])CC=CCC2=C1C(C)(C)C(=O)CC2. The average molecular weight is 240 g/mol. The van der Waals surface area contributed by atoms with Gasteiger partial charge < -0.3 is 0 Å². The monoisotopic (exact) mass is 240 g/mol. The zero-order valence-electron chi connectivity index (χ0n) is 10.8. The van der Waals surface area contributed by atoms with Gasteiger partial charge in [-0.1, -0.05) is 12.2 Å². The van der Waals surface area contributed by atoms with Crippen molar-refractivity contribution in [2.24, 2.45) is 5.41 Å². The number of ketones is 1. The van der Waals surface area contributed by atoms with Crippen LogP contribution < -0.4 is 0 Å². The lowest BCUT2D eigenvalue weighted by atomic mass is 9.66. The molecule has 18 heavy (non-hydrogen) atoms. The number of hydrogen-bond acceptors (Lipinski definition) is 1. The summed E-state index contributed by atoms with van der Waals surface area (Å²) in [6, 6.07) is 0. The highest BCUT2D eigenvalue weighted by atomic mass is 16.1. The van der Waals surface area contributed by atoms with Crippen LogP contribution in [0.5, 0.6) is 0 Å². The molecule has 0 aliphatic heterocycles. The molecule has 3 heteroatoms. The molecule has 0 saturated carbocycles. The number of Topliss-reactive ketones (excluding diaryl/α,β-unsaturated/α-hetero) is 1. The molecule has 2 aliphatic carbocycles. The molecule has 0 fully saturated rings. The molecular weight excluding hydrogens is 224 g/mol. The maximum absolute atomic E-state index is 12.1. The number of allylic oxidation sites excluding steroid dienone is 2. The van der Waals surface area contributed by atoms with E-state index in [-0.39, 0.29) is 5.78 Å². The van der Waals surface area contributed by atoms with E-state index in [9.17, 15) is 4.79 Å². The van der Waals surface area contributed by atoms with E-state index < -0.39 is 11.1 Å². The van der Waals surface area contributed by atoms with E-state index in [0.717, 1.165) is 17.6 Å². The second-order valence-corrected chi connectivity index (χ2v) is 5.45. The van der Waals surface area contributed by atoms with Crippen LogP contribution in [0.15, 0.2) is 23.3 Å². The molecule has 0 spiro atoms. The molecule has 0 N–H and O–H groups in total. The van der Waals surface area contributed by atoms with E-state index in [2.05, 4.69) is 9.69 Å². The minimum absolute atomic E-state index is 0.153. The molecule has 92 valence electrons. The Labute approximate surface area is 108 Å². The van der Waals surface area contributed by atoms with Gasteiger partial charge in [-0.2, -0.15) is 0 Å². The Kier molecular flexibility index (Phi) is 2.87. The summed E-state index contributed by atoms with van der Waals surface area (Å²) in [6.45, 7) is 18.6. The first-order valence-corrected chi connectivity index (χ1v) is 6.16. The standard InChI is InChI=1S/C15H16N2O/c1-14(2)12(18)9-8-11-7-5-6-10-15(16-3,17-4)13(11)14/h5-6H,7-10H2,1-2H3. The number of carbonyl (C=O) groups excluding carboxylic acids is 1. The van der Waals surface area contributed by atoms with E-state index in [4.69, 9.17) is 13.1 Å². The van der Waals surface area contributed by atoms with Crippen LogP contribution in [0.4, 0.5) is 0 Å². The number of hydrogen-bond donors (Lipinski definition) is 0. The Morgan fingerprint density at radius 2 is 1.83 bits per heavy atom. The van der Waals surface area contributed by atoms with E-state index >= 15 is 0 Å². The van der Waals surface area contributed by atoms with Gasteiger partial charge in [-0.3, -0.25) is 4.79 Å². The van der Waals surface area contributed by atoms with E-state index in [1.54, 1.807) is 0 Å². The van der Waals surface area contributed by atoms with Gasteiger partial charge in [-0.15, -0.1) is 0 Å². The van der Waals surface area contributed by atoms with Crippen molar-refractivity contribution in [3.05, 3.63) is 46.1 Å². The summed E-state index contributed by atoms with van der Waals surface area (Å²) in [5.74, 6) is 0.153. The Morgan fingerprint density at radius 1 is 1.17 bits per heavy atom. The van der Waals surface area contributed by atoms with Crippen LogP contribution in [0, 0.1) is 18.6 Å². The third kappa shape index (κ3) is 1.59. The Balaban J connectivity index is 2.71. The van der Waals surface area contributed by atoms with Crippen molar-refractivity contribution in [3.8, 4) is 0 Å². The summed E-state index contributed by atoms with van der Waals surface area (Å²) in [6.07, 6.45) is 6.35. The van der Waals surface area contributed by atoms with Crippen molar-refractivity contribution in [3.63, 3.8) is 0 Å². The topological polar surface area (TPSA) is 25.8 Å². The summed E-state index contributed by atoms with van der Waals surface area (Å²) in [5.41, 5.74) is 0.0398. The maximum Gasteiger partial charge on any atom is 0.510 e. The van der Waals surface area contributed by atoms with Crippen LogP contribution in [0.1, 0.15) is 39.5 Å². The highest BCUT2D eigenvalue weighted by Gasteiger charge is 2.58. The maximum atomic E-state index is 12.1. The van der Waals surface area contributed by atoms with Crippen LogP contribution in [0.3, 0.4) is 0 Å². The lowest BCUT2D eigenvalue weighted by molar-refractivity contribution is -0.126. The zero-order valence-corrected chi connectivity index (χ0v) is 10.8. The minimum atomic E-state index is -1.19. The molecule has 2 aliphatic rings. The first-order chi connectivity index (χ1) is 8.48. The molecule has 0 aromatic rings. The van der Waals surface area contributed by atoms with Crippen LogP contribution in [-0.4, -0.2) is 11.4 Å². The van der Waals surface area contributed by atoms with Gasteiger partial charge in [0.05, 0.1) is 5.41 Å². The second kappa shape index (κ2) is 4.10. The summed E-state index contributed by atoms with van der Waals surface area (Å²) < 4.78 is 0. The molecule has 0 bridgehead atoms. The van der Waals surface area contributed by atoms with Crippen molar-refractivity contribution in [1.29, 1.82) is 0 Å². The van der Waals surface area contributed by atoms with Crippen LogP contribution in [-0.2, 0) is 4.79 Å². The molecule has 3 nitrogen and oxygen atoms in total. The van der Waals surface area contributed by atoms with Gasteiger partial charge in [0.25, 0.3) is 0 Å². The predicted molar refractivity (Wildman–Crippen MR) is 69.4 cm³/mol. The number of rotatable bonds is 0. The van der Waals surface area contributed by atoms with Crippen molar-refractivity contribution < 1.29 is 4.79 Å². The van der Waals surface area contributed by atoms with Gasteiger partial charge >= 0.3 is 5.66 Å². The van der Waals surface area contributed by atoms with Crippen LogP contribution >= 0.6 is 0 Å². The summed E-state index contributed by atoms with van der Waals surface area (Å²) in [4.78, 5) is 19.4. The van der Waals surface area contributed by atoms with Gasteiger partial charge in [0.15, 0.2) is 0 Å². The molecule has 0 radical (unpaired) electrons. The lowest BCUT2D eigenvalue weighted by Gasteiger charge is -2.33. The smallest absolute Gasteiger partial charge is 0.299 e. The summed E-state index contributed by atoms with van der Waals surface area (Å²) >= 11 is 0. The fourth-order valence-electron chi connectivity index (χ4n) is 3.07. The van der Waals surface area contributed by atoms with Crippen LogP contribution in [0.25, 0.3) is 9.69 Å². The minimum Gasteiger partial charge on any atom is -0.299 e. The first kappa shape index (κ1) is 12.6. The summed E-state index contributed by atoms with van der Waals surface area (Å²) in [7, 11) is 0. The third-order valence-electron chi connectivity index (χ3n) is 4.03. The molecule has 0 saturated heterocycles. The quantitative estimate of drug-likeness (QED) is 0.469. The fraction of sp³-hybridized carbons (Fsp3) is 0.533. The average Bonchev–Trinajstić information content (AvgIpc) is 2.54. The zero-order chi connectivity index (χ0) is 13.4. The summed E-state index contributed by atoms with van der Waals surface area (Å²) in [5, 5.41) is 0. The van der Waals surface area contributed by atoms with E-state index in [1.165, 1.54) is 0 Å². The van der Waals surface area contributed by atoms with E-state index in [0.29, 0.717) is 19.3 Å². The van der Waals surface area contributed by atoms with Gasteiger partial charge in [-0.05, 0) is 32.3 Å². The third-order valence-corrected chi connectivity index (χ3v) is 4.03. The molecular formula is C15H16N2O. The van der Waals surface area contributed by atoms with E-state index in [1.807, 2.05) is 26.0 Å².